The molecule has 3 rings (SSSR count). The number of nitrogens with two attached hydrogens (primary N) is 2. The van der Waals surface area contributed by atoms with Crippen molar-refractivity contribution in [2.45, 2.75) is 12.5 Å². The molecule has 0 saturated heterocycles. The molecule has 0 bridgehead atoms. The lowest BCUT2D eigenvalue weighted by Crippen LogP contribution is -2.39. The Bertz CT molecular complexity index is 1010. The van der Waals surface area contributed by atoms with Crippen LogP contribution in [0.15, 0.2) is 63.4 Å². The highest BCUT2D eigenvalue weighted by Gasteiger charge is 2.18. The van der Waals surface area contributed by atoms with Gasteiger partial charge in [0.1, 0.15) is 5.69 Å². The number of hydrogen-bond donors (Lipinski definition) is 4. The zero-order valence-electron chi connectivity index (χ0n) is 14.1. The van der Waals surface area contributed by atoms with E-state index in [0.717, 1.165) is 9.99 Å². The van der Waals surface area contributed by atoms with Gasteiger partial charge in [0.15, 0.2) is 0 Å². The number of nitrogens with zero attached hydrogens (tertiary/aromatic N) is 2. The van der Waals surface area contributed by atoms with E-state index in [4.69, 9.17) is 11.5 Å². The Hall–Kier alpha value is -3.04. The maximum atomic E-state index is 12.2. The Morgan fingerprint density at radius 2 is 1.89 bits per heavy atom. The second-order valence-corrected chi connectivity index (χ2v) is 6.76. The molecular formula is C18H17BrN6O2. The summed E-state index contributed by atoms with van der Waals surface area (Å²) in [4.78, 5) is 26.3. The molecule has 0 fully saturated rings. The summed E-state index contributed by atoms with van der Waals surface area (Å²) in [7, 11) is 0. The van der Waals surface area contributed by atoms with Crippen molar-refractivity contribution >= 4 is 55.7 Å². The summed E-state index contributed by atoms with van der Waals surface area (Å²) in [5, 5.41) is 11.9. The number of anilines is 1. The molecule has 0 aliphatic carbocycles. The third kappa shape index (κ3) is 4.57. The average molecular weight is 429 g/mol. The lowest BCUT2D eigenvalue weighted by Gasteiger charge is -2.11. The largest absolute Gasteiger partial charge is 0.370 e. The van der Waals surface area contributed by atoms with E-state index in [0.29, 0.717) is 22.4 Å². The second-order valence-electron chi connectivity index (χ2n) is 5.84. The molecule has 2 amide bonds. The van der Waals surface area contributed by atoms with Crippen molar-refractivity contribution in [1.29, 1.82) is 0 Å². The fraction of sp³-hybridized carbons (Fsp3) is 0.111. The van der Waals surface area contributed by atoms with Crippen LogP contribution in [-0.4, -0.2) is 22.8 Å². The third-order valence-electron chi connectivity index (χ3n) is 3.80. The van der Waals surface area contributed by atoms with Crippen molar-refractivity contribution in [3.63, 3.8) is 0 Å². The van der Waals surface area contributed by atoms with Crippen molar-refractivity contribution < 1.29 is 9.59 Å². The topological polar surface area (TPSA) is 139 Å². The van der Waals surface area contributed by atoms with Crippen molar-refractivity contribution in [1.82, 2.24) is 4.98 Å². The minimum absolute atomic E-state index is 0.231. The number of nitrogens with one attached hydrogen (secondary N) is 2. The number of azo groups is 1. The summed E-state index contributed by atoms with van der Waals surface area (Å²) in [6, 6.07) is 11.7. The van der Waals surface area contributed by atoms with E-state index in [1.54, 1.807) is 18.3 Å². The summed E-state index contributed by atoms with van der Waals surface area (Å²) in [6.45, 7) is 0. The zero-order valence-corrected chi connectivity index (χ0v) is 15.7. The molecule has 0 saturated carbocycles. The van der Waals surface area contributed by atoms with Crippen LogP contribution in [0.2, 0.25) is 0 Å². The first kappa shape index (κ1) is 18.7. The summed E-state index contributed by atoms with van der Waals surface area (Å²) in [5.41, 5.74) is 13.3. The first-order valence-corrected chi connectivity index (χ1v) is 8.85. The number of hydrogen-bond acceptors (Lipinski definition) is 5. The van der Waals surface area contributed by atoms with E-state index in [9.17, 15) is 9.59 Å². The molecule has 9 heteroatoms. The van der Waals surface area contributed by atoms with E-state index in [-0.39, 0.29) is 6.42 Å². The van der Waals surface area contributed by atoms with Crippen LogP contribution in [0.25, 0.3) is 10.9 Å². The van der Waals surface area contributed by atoms with Gasteiger partial charge in [0.2, 0.25) is 11.8 Å². The molecule has 6 N–H and O–H groups in total. The molecule has 138 valence electrons. The molecule has 8 nitrogen and oxygen atoms in total. The molecule has 1 atom stereocenters. The quantitative estimate of drug-likeness (QED) is 0.446. The van der Waals surface area contributed by atoms with Crippen LogP contribution < -0.4 is 16.8 Å². The van der Waals surface area contributed by atoms with Gasteiger partial charge in [-0.2, -0.15) is 5.11 Å². The number of primary amides is 1. The number of carbonyl (C=O) groups is 2. The lowest BCUT2D eigenvalue weighted by atomic mass is 10.1. The monoisotopic (exact) mass is 428 g/mol. The van der Waals surface area contributed by atoms with Crippen LogP contribution in [0.3, 0.4) is 0 Å². The highest BCUT2D eigenvalue weighted by Crippen LogP contribution is 2.33. The van der Waals surface area contributed by atoms with Gasteiger partial charge < -0.3 is 21.8 Å². The molecule has 0 radical (unpaired) electrons. The molecule has 1 aromatic heterocycles. The predicted octanol–water partition coefficient (Wildman–Crippen LogP) is 3.49. The SMILES string of the molecule is NC(=O)C[C@H](N)C(=O)Nc1cccc2[nH]cc(/N=N/c3ccc(Br)cc3)c12. The molecule has 0 unspecified atom stereocenters. The zero-order chi connectivity index (χ0) is 19.4. The molecule has 0 aliphatic rings. The molecule has 1 heterocycles. The van der Waals surface area contributed by atoms with Crippen LogP contribution in [0.4, 0.5) is 17.1 Å². The highest BCUT2D eigenvalue weighted by molar-refractivity contribution is 9.10. The van der Waals surface area contributed by atoms with Crippen molar-refractivity contribution in [2.75, 3.05) is 5.32 Å². The molecule has 0 aliphatic heterocycles. The number of aromatic amines is 1. The first-order chi connectivity index (χ1) is 12.9. The Morgan fingerprint density at radius 3 is 2.59 bits per heavy atom. The van der Waals surface area contributed by atoms with E-state index < -0.39 is 17.9 Å². The Morgan fingerprint density at radius 1 is 1.15 bits per heavy atom. The standard InChI is InChI=1S/C18H17BrN6O2/c19-10-4-6-11(7-5-10)24-25-15-9-22-13-2-1-3-14(17(13)15)23-18(27)12(20)8-16(21)26/h1-7,9,12,22H,8,20H2,(H2,21,26)(H,23,27)/b25-24+/t12-/m0/s1. The van der Waals surface area contributed by atoms with Gasteiger partial charge >= 0.3 is 0 Å². The summed E-state index contributed by atoms with van der Waals surface area (Å²) >= 11 is 3.37. The number of H-pyrrole nitrogens is 1. The summed E-state index contributed by atoms with van der Waals surface area (Å²) < 4.78 is 0.950. The van der Waals surface area contributed by atoms with Gasteiger partial charge in [0, 0.05) is 16.2 Å². The van der Waals surface area contributed by atoms with Crippen LogP contribution in [0.5, 0.6) is 0 Å². The fourth-order valence-electron chi connectivity index (χ4n) is 2.50. The normalized spacial score (nSPS) is 12.4. The van der Waals surface area contributed by atoms with Gasteiger partial charge in [-0.15, -0.1) is 5.11 Å². The highest BCUT2D eigenvalue weighted by atomic mass is 79.9. The van der Waals surface area contributed by atoms with E-state index in [2.05, 4.69) is 36.5 Å². The number of fused-ring (bicyclic) bond motifs is 1. The number of rotatable bonds is 6. The van der Waals surface area contributed by atoms with Gasteiger partial charge in [0.25, 0.3) is 0 Å². The minimum atomic E-state index is -1.02. The molecule has 0 spiro atoms. The number of amides is 2. The van der Waals surface area contributed by atoms with Crippen molar-refractivity contribution in [3.8, 4) is 0 Å². The molecular weight excluding hydrogens is 412 g/mol. The fourth-order valence-corrected chi connectivity index (χ4v) is 2.77. The Kier molecular flexibility index (Phi) is 5.63. The van der Waals surface area contributed by atoms with Gasteiger partial charge in [0.05, 0.1) is 29.2 Å². The first-order valence-electron chi connectivity index (χ1n) is 8.06. The summed E-state index contributed by atoms with van der Waals surface area (Å²) in [6.07, 6.45) is 1.47. The van der Waals surface area contributed by atoms with E-state index >= 15 is 0 Å². The predicted molar refractivity (Wildman–Crippen MR) is 107 cm³/mol. The van der Waals surface area contributed by atoms with Gasteiger partial charge in [-0.1, -0.05) is 22.0 Å². The second kappa shape index (κ2) is 8.11. The van der Waals surface area contributed by atoms with Crippen LogP contribution in [0.1, 0.15) is 6.42 Å². The van der Waals surface area contributed by atoms with E-state index in [1.165, 1.54) is 0 Å². The maximum absolute atomic E-state index is 12.2. The Labute approximate surface area is 163 Å². The molecule has 2 aromatic carbocycles. The van der Waals surface area contributed by atoms with Crippen molar-refractivity contribution in [2.24, 2.45) is 21.7 Å². The van der Waals surface area contributed by atoms with Gasteiger partial charge in [-0.25, -0.2) is 0 Å². The van der Waals surface area contributed by atoms with Crippen LogP contribution >= 0.6 is 15.9 Å². The summed E-state index contributed by atoms with van der Waals surface area (Å²) in [5.74, 6) is -1.14. The smallest absolute Gasteiger partial charge is 0.241 e. The Balaban J connectivity index is 1.89. The maximum Gasteiger partial charge on any atom is 0.241 e. The van der Waals surface area contributed by atoms with Gasteiger partial charge in [-0.05, 0) is 36.4 Å². The lowest BCUT2D eigenvalue weighted by molar-refractivity contribution is -0.123. The van der Waals surface area contributed by atoms with Gasteiger partial charge in [-0.3, -0.25) is 9.59 Å². The molecule has 3 aromatic rings. The molecule has 27 heavy (non-hydrogen) atoms. The van der Waals surface area contributed by atoms with E-state index in [1.807, 2.05) is 30.3 Å². The van der Waals surface area contributed by atoms with Crippen LogP contribution in [-0.2, 0) is 9.59 Å². The number of carbonyl (C=O) groups excluding carboxylic acids is 2. The number of aromatic nitrogens is 1. The number of halogens is 1. The minimum Gasteiger partial charge on any atom is -0.370 e. The van der Waals surface area contributed by atoms with Crippen molar-refractivity contribution in [3.05, 3.63) is 53.1 Å². The number of benzene rings is 2. The average Bonchev–Trinajstić information content (AvgIpc) is 3.05. The third-order valence-corrected chi connectivity index (χ3v) is 4.33. The van der Waals surface area contributed by atoms with Crippen LogP contribution in [0, 0.1) is 0 Å².